The summed E-state index contributed by atoms with van der Waals surface area (Å²) in [6.07, 6.45) is 0.0965. The maximum Gasteiger partial charge on any atom is 0.243 e. The third kappa shape index (κ3) is 5.08. The summed E-state index contributed by atoms with van der Waals surface area (Å²) in [6, 6.07) is 4.90. The zero-order chi connectivity index (χ0) is 22.6. The van der Waals surface area contributed by atoms with Crippen LogP contribution < -0.4 is 10.2 Å². The Morgan fingerprint density at radius 2 is 1.87 bits per heavy atom. The van der Waals surface area contributed by atoms with Crippen molar-refractivity contribution in [1.29, 1.82) is 0 Å². The minimum atomic E-state index is -3.68. The lowest BCUT2D eigenvalue weighted by Gasteiger charge is -2.28. The van der Waals surface area contributed by atoms with Gasteiger partial charge in [-0.3, -0.25) is 4.79 Å². The molecule has 1 amide bonds. The summed E-state index contributed by atoms with van der Waals surface area (Å²) in [5.41, 5.74) is 2.65. The van der Waals surface area contributed by atoms with Crippen molar-refractivity contribution in [2.24, 2.45) is 0 Å². The van der Waals surface area contributed by atoms with E-state index >= 15 is 0 Å². The van der Waals surface area contributed by atoms with Crippen LogP contribution in [0, 0.1) is 13.8 Å². The average Bonchev–Trinajstić information content (AvgIpc) is 3.08. The molecule has 0 radical (unpaired) electrons. The standard InChI is InChI=1S/C21H30N4O5S/c1-5-24(6-2)20-8-7-17(31(27,28)25-9-11-29-12-10-25)13-19(20)22-21(26)14-18-15(3)23-30-16(18)4/h7-8,13H,5-6,9-12,14H2,1-4H3,(H,22,26). The highest BCUT2D eigenvalue weighted by Crippen LogP contribution is 2.31. The van der Waals surface area contributed by atoms with Crippen LogP contribution in [0.3, 0.4) is 0 Å². The number of anilines is 2. The lowest BCUT2D eigenvalue weighted by atomic mass is 10.1. The summed E-state index contributed by atoms with van der Waals surface area (Å²) >= 11 is 0. The number of hydrogen-bond donors (Lipinski definition) is 1. The molecule has 0 unspecified atom stereocenters. The van der Waals surface area contributed by atoms with Gasteiger partial charge in [0.15, 0.2) is 0 Å². The van der Waals surface area contributed by atoms with Crippen molar-refractivity contribution >= 4 is 27.3 Å². The maximum atomic E-state index is 13.1. The average molecular weight is 451 g/mol. The largest absolute Gasteiger partial charge is 0.379 e. The van der Waals surface area contributed by atoms with Gasteiger partial charge in [-0.25, -0.2) is 8.42 Å². The number of rotatable bonds is 8. The smallest absolute Gasteiger partial charge is 0.243 e. The molecule has 1 aromatic carbocycles. The molecule has 0 spiro atoms. The van der Waals surface area contributed by atoms with Crippen LogP contribution >= 0.6 is 0 Å². The molecule has 0 atom stereocenters. The van der Waals surface area contributed by atoms with Crippen molar-refractivity contribution in [2.45, 2.75) is 39.0 Å². The van der Waals surface area contributed by atoms with Gasteiger partial charge < -0.3 is 19.5 Å². The van der Waals surface area contributed by atoms with E-state index in [9.17, 15) is 13.2 Å². The SMILES string of the molecule is CCN(CC)c1ccc(S(=O)(=O)N2CCOCC2)cc1NC(=O)Cc1c(C)noc1C. The fourth-order valence-corrected chi connectivity index (χ4v) is 5.10. The van der Waals surface area contributed by atoms with Gasteiger partial charge in [0.2, 0.25) is 15.9 Å². The number of sulfonamides is 1. The molecule has 2 aromatic rings. The van der Waals surface area contributed by atoms with E-state index in [1.54, 1.807) is 32.0 Å². The quantitative estimate of drug-likeness (QED) is 0.658. The van der Waals surface area contributed by atoms with E-state index in [0.29, 0.717) is 43.4 Å². The Morgan fingerprint density at radius 1 is 1.19 bits per heavy atom. The first kappa shape index (κ1) is 23.2. The zero-order valence-corrected chi connectivity index (χ0v) is 19.3. The van der Waals surface area contributed by atoms with Gasteiger partial charge in [-0.15, -0.1) is 0 Å². The Morgan fingerprint density at radius 3 is 2.45 bits per heavy atom. The van der Waals surface area contributed by atoms with Crippen LogP contribution in [0.1, 0.15) is 30.9 Å². The van der Waals surface area contributed by atoms with Crippen molar-refractivity contribution in [2.75, 3.05) is 49.6 Å². The molecule has 1 aliphatic rings. The number of amides is 1. The molecule has 1 aliphatic heterocycles. The number of morpholine rings is 1. The van der Waals surface area contributed by atoms with E-state index in [1.165, 1.54) is 4.31 Å². The molecule has 9 nitrogen and oxygen atoms in total. The van der Waals surface area contributed by atoms with Crippen molar-refractivity contribution in [1.82, 2.24) is 9.46 Å². The molecular formula is C21H30N4O5S. The number of hydrogen-bond acceptors (Lipinski definition) is 7. The first-order valence-electron chi connectivity index (χ1n) is 10.5. The number of carbonyl (C=O) groups excluding carboxylic acids is 1. The molecule has 0 aliphatic carbocycles. The third-order valence-electron chi connectivity index (χ3n) is 5.47. The first-order valence-corrected chi connectivity index (χ1v) is 11.9. The second kappa shape index (κ2) is 9.80. The van der Waals surface area contributed by atoms with Crippen LogP contribution in [-0.4, -0.2) is 63.2 Å². The van der Waals surface area contributed by atoms with Gasteiger partial charge in [-0.05, 0) is 45.9 Å². The Bertz CT molecular complexity index is 1000. The van der Waals surface area contributed by atoms with Crippen molar-refractivity contribution in [3.63, 3.8) is 0 Å². The predicted octanol–water partition coefficient (Wildman–Crippen LogP) is 2.34. The molecule has 1 fully saturated rings. The van der Waals surface area contributed by atoms with Crippen molar-refractivity contribution in [3.05, 3.63) is 35.2 Å². The summed E-state index contributed by atoms with van der Waals surface area (Å²) < 4.78 is 38.1. The molecule has 1 aromatic heterocycles. The molecule has 2 heterocycles. The second-order valence-electron chi connectivity index (χ2n) is 7.40. The number of nitrogens with one attached hydrogen (secondary N) is 1. The molecule has 31 heavy (non-hydrogen) atoms. The number of aromatic nitrogens is 1. The van der Waals surface area contributed by atoms with Gasteiger partial charge in [-0.2, -0.15) is 4.31 Å². The van der Waals surface area contributed by atoms with Crippen molar-refractivity contribution < 1.29 is 22.5 Å². The van der Waals surface area contributed by atoms with Gasteiger partial charge in [0.1, 0.15) is 5.76 Å². The van der Waals surface area contributed by atoms with Crippen LogP contribution in [0.15, 0.2) is 27.6 Å². The van der Waals surface area contributed by atoms with E-state index in [1.807, 2.05) is 13.8 Å². The lowest BCUT2D eigenvalue weighted by Crippen LogP contribution is -2.40. The van der Waals surface area contributed by atoms with E-state index < -0.39 is 10.0 Å². The number of aryl methyl sites for hydroxylation is 2. The Balaban J connectivity index is 1.93. The second-order valence-corrected chi connectivity index (χ2v) is 9.33. The van der Waals surface area contributed by atoms with Gasteiger partial charge in [0.05, 0.1) is 41.6 Å². The fourth-order valence-electron chi connectivity index (χ4n) is 3.66. The zero-order valence-electron chi connectivity index (χ0n) is 18.5. The van der Waals surface area contributed by atoms with Gasteiger partial charge >= 0.3 is 0 Å². The summed E-state index contributed by atoms with van der Waals surface area (Å²) in [7, 11) is -3.68. The molecule has 10 heteroatoms. The molecule has 1 saturated heterocycles. The molecular weight excluding hydrogens is 420 g/mol. The minimum absolute atomic E-state index is 0.0965. The summed E-state index contributed by atoms with van der Waals surface area (Å²) in [5, 5.41) is 6.80. The number of carbonyl (C=O) groups is 1. The van der Waals surface area contributed by atoms with Crippen LogP contribution in [-0.2, 0) is 26.0 Å². The van der Waals surface area contributed by atoms with Gasteiger partial charge in [-0.1, -0.05) is 5.16 Å². The van der Waals surface area contributed by atoms with Crippen LogP contribution in [0.2, 0.25) is 0 Å². The predicted molar refractivity (Wildman–Crippen MR) is 118 cm³/mol. The van der Waals surface area contributed by atoms with Crippen LogP contribution in [0.5, 0.6) is 0 Å². The van der Waals surface area contributed by atoms with E-state index in [4.69, 9.17) is 9.26 Å². The highest BCUT2D eigenvalue weighted by molar-refractivity contribution is 7.89. The summed E-state index contributed by atoms with van der Waals surface area (Å²) in [4.78, 5) is 15.0. The Kier molecular flexibility index (Phi) is 7.34. The van der Waals surface area contributed by atoms with E-state index in [2.05, 4.69) is 15.4 Å². The highest BCUT2D eigenvalue weighted by Gasteiger charge is 2.27. The van der Waals surface area contributed by atoms with E-state index in [-0.39, 0.29) is 17.2 Å². The van der Waals surface area contributed by atoms with Crippen molar-refractivity contribution in [3.8, 4) is 0 Å². The Hall–Kier alpha value is -2.43. The lowest BCUT2D eigenvalue weighted by molar-refractivity contribution is -0.115. The third-order valence-corrected chi connectivity index (χ3v) is 7.37. The number of benzene rings is 1. The Labute approximate surface area is 183 Å². The summed E-state index contributed by atoms with van der Waals surface area (Å²) in [5.74, 6) is 0.337. The number of nitrogens with zero attached hydrogens (tertiary/aromatic N) is 3. The number of ether oxygens (including phenoxy) is 1. The van der Waals surface area contributed by atoms with Crippen LogP contribution in [0.25, 0.3) is 0 Å². The highest BCUT2D eigenvalue weighted by atomic mass is 32.2. The molecule has 3 rings (SSSR count). The fraction of sp³-hybridized carbons (Fsp3) is 0.524. The molecule has 0 bridgehead atoms. The first-order chi connectivity index (χ1) is 14.8. The topological polar surface area (TPSA) is 105 Å². The van der Waals surface area contributed by atoms with Gasteiger partial charge in [0, 0.05) is 31.7 Å². The minimum Gasteiger partial charge on any atom is -0.379 e. The maximum absolute atomic E-state index is 13.1. The monoisotopic (exact) mass is 450 g/mol. The molecule has 170 valence electrons. The van der Waals surface area contributed by atoms with E-state index in [0.717, 1.165) is 24.3 Å². The molecule has 0 saturated carbocycles. The molecule has 1 N–H and O–H groups in total. The normalized spacial score (nSPS) is 15.1. The summed E-state index contributed by atoms with van der Waals surface area (Å²) in [6.45, 7) is 10.4. The van der Waals surface area contributed by atoms with Gasteiger partial charge in [0.25, 0.3) is 0 Å². The van der Waals surface area contributed by atoms with Crippen LogP contribution in [0.4, 0.5) is 11.4 Å².